The van der Waals surface area contributed by atoms with Crippen molar-refractivity contribution in [1.82, 2.24) is 19.2 Å². The Kier molecular flexibility index (Phi) is 4.78. The molecule has 2 aromatic rings. The molecule has 0 spiro atoms. The summed E-state index contributed by atoms with van der Waals surface area (Å²) in [6.07, 6.45) is 6.16. The maximum absolute atomic E-state index is 13.0. The van der Waals surface area contributed by atoms with E-state index in [2.05, 4.69) is 28.2 Å². The molecule has 1 amide bonds. The molecule has 1 saturated heterocycles. The van der Waals surface area contributed by atoms with E-state index in [9.17, 15) is 9.59 Å². The van der Waals surface area contributed by atoms with Gasteiger partial charge in [0.15, 0.2) is 0 Å². The van der Waals surface area contributed by atoms with E-state index in [4.69, 9.17) is 0 Å². The highest BCUT2D eigenvalue weighted by Crippen LogP contribution is 2.37. The number of anilines is 1. The summed E-state index contributed by atoms with van der Waals surface area (Å²) < 4.78 is 3.41. The summed E-state index contributed by atoms with van der Waals surface area (Å²) in [6.45, 7) is 3.04. The number of hydrogen-bond donors (Lipinski definition) is 0. The quantitative estimate of drug-likeness (QED) is 0.795. The summed E-state index contributed by atoms with van der Waals surface area (Å²) in [4.78, 5) is 29.6. The predicted octanol–water partition coefficient (Wildman–Crippen LogP) is 2.08. The minimum atomic E-state index is 0.0175. The van der Waals surface area contributed by atoms with Crippen LogP contribution in [0.3, 0.4) is 0 Å². The second kappa shape index (κ2) is 7.44. The van der Waals surface area contributed by atoms with Gasteiger partial charge in [0.1, 0.15) is 5.82 Å². The van der Waals surface area contributed by atoms with Crippen molar-refractivity contribution in [2.75, 3.05) is 31.1 Å². The number of hydrogen-bond acceptors (Lipinski definition) is 4. The molecule has 1 aromatic heterocycles. The molecule has 5 rings (SSSR count). The first-order valence-electron chi connectivity index (χ1n) is 10.9. The molecule has 0 radical (unpaired) electrons. The lowest BCUT2D eigenvalue weighted by atomic mass is 9.95. The molecule has 3 heterocycles. The molecule has 1 saturated carbocycles. The van der Waals surface area contributed by atoms with Crippen LogP contribution in [0.5, 0.6) is 0 Å². The van der Waals surface area contributed by atoms with Crippen LogP contribution in [0, 0.1) is 0 Å². The van der Waals surface area contributed by atoms with Crippen molar-refractivity contribution in [3.8, 4) is 0 Å². The number of piperidine rings is 1. The van der Waals surface area contributed by atoms with E-state index >= 15 is 0 Å². The number of amides is 1. The largest absolute Gasteiger partial charge is 0.345 e. The highest BCUT2D eigenvalue weighted by Gasteiger charge is 2.34. The zero-order valence-electron chi connectivity index (χ0n) is 17.1. The van der Waals surface area contributed by atoms with E-state index in [1.54, 1.807) is 7.05 Å². The van der Waals surface area contributed by atoms with Crippen LogP contribution in [0.15, 0.2) is 29.1 Å². The summed E-state index contributed by atoms with van der Waals surface area (Å²) in [5.74, 6) is 1.46. The van der Waals surface area contributed by atoms with Crippen LogP contribution in [0.4, 0.5) is 5.69 Å². The number of aryl methyl sites for hydroxylation is 2. The first-order chi connectivity index (χ1) is 14.1. The maximum atomic E-state index is 13.0. The topological polar surface area (TPSA) is 63.4 Å². The van der Waals surface area contributed by atoms with Gasteiger partial charge >= 0.3 is 5.69 Å². The molecule has 0 unspecified atom stereocenters. The van der Waals surface area contributed by atoms with Gasteiger partial charge in [-0.05, 0) is 63.2 Å². The smallest absolute Gasteiger partial charge is 0.311 e. The van der Waals surface area contributed by atoms with E-state index in [0.717, 1.165) is 69.7 Å². The third-order valence-electron chi connectivity index (χ3n) is 6.62. The molecule has 0 N–H and O–H groups in total. The molecule has 7 nitrogen and oxygen atoms in total. The van der Waals surface area contributed by atoms with E-state index in [0.29, 0.717) is 18.5 Å². The molecule has 0 bridgehead atoms. The Morgan fingerprint density at radius 1 is 1.10 bits per heavy atom. The molecular weight excluding hydrogens is 366 g/mol. The summed E-state index contributed by atoms with van der Waals surface area (Å²) in [6, 6.07) is 8.62. The van der Waals surface area contributed by atoms with Crippen LogP contribution >= 0.6 is 0 Å². The Morgan fingerprint density at radius 2 is 1.86 bits per heavy atom. The lowest BCUT2D eigenvalue weighted by Crippen LogP contribution is -2.45. The second-order valence-corrected chi connectivity index (χ2v) is 8.69. The third-order valence-corrected chi connectivity index (χ3v) is 6.62. The van der Waals surface area contributed by atoms with Gasteiger partial charge in [0, 0.05) is 31.2 Å². The third kappa shape index (κ3) is 3.52. The minimum absolute atomic E-state index is 0.0175. The number of carbonyl (C=O) groups is 1. The molecular formula is C22H29N5O2. The number of rotatable bonds is 4. The van der Waals surface area contributed by atoms with Crippen LogP contribution in [0.2, 0.25) is 0 Å². The monoisotopic (exact) mass is 395 g/mol. The van der Waals surface area contributed by atoms with Crippen molar-refractivity contribution >= 4 is 11.6 Å². The molecule has 2 aliphatic heterocycles. The van der Waals surface area contributed by atoms with E-state index in [1.807, 2.05) is 15.5 Å². The number of carbonyl (C=O) groups excluding carboxylic acids is 1. The fourth-order valence-corrected chi connectivity index (χ4v) is 4.87. The summed E-state index contributed by atoms with van der Waals surface area (Å²) in [7, 11) is 1.75. The van der Waals surface area contributed by atoms with Crippen LogP contribution in [-0.2, 0) is 18.3 Å². The number of benzene rings is 1. The molecule has 154 valence electrons. The Bertz CT molecular complexity index is 966. The van der Waals surface area contributed by atoms with Crippen LogP contribution < -0.4 is 10.6 Å². The van der Waals surface area contributed by atoms with Gasteiger partial charge in [0.05, 0.1) is 6.54 Å². The van der Waals surface area contributed by atoms with Crippen LogP contribution in [-0.4, -0.2) is 51.3 Å². The lowest BCUT2D eigenvalue weighted by Gasteiger charge is -2.34. The summed E-state index contributed by atoms with van der Waals surface area (Å²) in [5, 5.41) is 4.55. The first-order valence-corrected chi connectivity index (χ1v) is 10.9. The highest BCUT2D eigenvalue weighted by molar-refractivity contribution is 5.95. The van der Waals surface area contributed by atoms with Gasteiger partial charge < -0.3 is 4.90 Å². The predicted molar refractivity (Wildman–Crippen MR) is 111 cm³/mol. The number of likely N-dealkylation sites (tertiary alicyclic amines) is 1. The van der Waals surface area contributed by atoms with Crippen molar-refractivity contribution in [2.24, 2.45) is 7.05 Å². The van der Waals surface area contributed by atoms with Gasteiger partial charge in [0.25, 0.3) is 0 Å². The van der Waals surface area contributed by atoms with Gasteiger partial charge in [-0.15, -0.1) is 0 Å². The molecule has 1 aromatic carbocycles. The fraction of sp³-hybridized carbons (Fsp3) is 0.591. The van der Waals surface area contributed by atoms with Crippen molar-refractivity contribution in [2.45, 2.75) is 50.5 Å². The molecule has 29 heavy (non-hydrogen) atoms. The van der Waals surface area contributed by atoms with Gasteiger partial charge in [-0.3, -0.25) is 14.3 Å². The number of para-hydroxylation sites is 1. The molecule has 1 aliphatic carbocycles. The SMILES string of the molecule is Cn1nc(C2CCN(CC(=O)N3CCCc4ccccc43)CC2)n(C2CC2)c1=O. The summed E-state index contributed by atoms with van der Waals surface area (Å²) in [5.41, 5.74) is 2.38. The van der Waals surface area contributed by atoms with Gasteiger partial charge in [-0.1, -0.05) is 18.2 Å². The highest BCUT2D eigenvalue weighted by atomic mass is 16.2. The molecule has 7 heteroatoms. The number of fused-ring (bicyclic) bond motifs is 1. The van der Waals surface area contributed by atoms with Crippen molar-refractivity contribution in [1.29, 1.82) is 0 Å². The summed E-state index contributed by atoms with van der Waals surface area (Å²) >= 11 is 0. The number of aromatic nitrogens is 3. The Labute approximate surface area is 170 Å². The molecule has 3 aliphatic rings. The normalized spacial score (nSPS) is 20.7. The Balaban J connectivity index is 1.23. The zero-order valence-corrected chi connectivity index (χ0v) is 17.1. The van der Waals surface area contributed by atoms with Gasteiger partial charge in [0.2, 0.25) is 5.91 Å². The van der Waals surface area contributed by atoms with Gasteiger partial charge in [-0.25, -0.2) is 9.48 Å². The minimum Gasteiger partial charge on any atom is -0.311 e. The van der Waals surface area contributed by atoms with E-state index in [1.165, 1.54) is 10.2 Å². The van der Waals surface area contributed by atoms with E-state index < -0.39 is 0 Å². The van der Waals surface area contributed by atoms with Gasteiger partial charge in [-0.2, -0.15) is 5.10 Å². The maximum Gasteiger partial charge on any atom is 0.345 e. The molecule has 2 fully saturated rings. The average molecular weight is 396 g/mol. The van der Waals surface area contributed by atoms with Crippen molar-refractivity contribution < 1.29 is 4.79 Å². The Hall–Kier alpha value is -2.41. The second-order valence-electron chi connectivity index (χ2n) is 8.69. The van der Waals surface area contributed by atoms with Crippen LogP contribution in [0.25, 0.3) is 0 Å². The molecule has 0 atom stereocenters. The zero-order chi connectivity index (χ0) is 20.0. The standard InChI is InChI=1S/C22H29N5O2/c1-24-22(29)27(18-8-9-18)21(23-24)17-10-13-25(14-11-17)15-20(28)26-12-4-6-16-5-2-3-7-19(16)26/h2-3,5,7,17-18H,4,6,8-15H2,1H3. The number of nitrogens with zero attached hydrogens (tertiary/aromatic N) is 5. The lowest BCUT2D eigenvalue weighted by molar-refractivity contribution is -0.120. The van der Waals surface area contributed by atoms with Crippen molar-refractivity contribution in [3.05, 3.63) is 46.1 Å². The van der Waals surface area contributed by atoms with Crippen molar-refractivity contribution in [3.63, 3.8) is 0 Å². The van der Waals surface area contributed by atoms with Crippen LogP contribution in [0.1, 0.15) is 55.5 Å². The average Bonchev–Trinajstić information content (AvgIpc) is 3.53. The van der Waals surface area contributed by atoms with E-state index in [-0.39, 0.29) is 11.6 Å². The Morgan fingerprint density at radius 3 is 2.62 bits per heavy atom. The fourth-order valence-electron chi connectivity index (χ4n) is 4.87. The first kappa shape index (κ1) is 18.6.